The number of rotatable bonds is 6. The van der Waals surface area contributed by atoms with Crippen molar-refractivity contribution in [2.75, 3.05) is 18.2 Å². The molecule has 0 bridgehead atoms. The van der Waals surface area contributed by atoms with Crippen LogP contribution in [0, 0.1) is 5.92 Å². The summed E-state index contributed by atoms with van der Waals surface area (Å²) >= 11 is 0. The lowest BCUT2D eigenvalue weighted by Gasteiger charge is -2.10. The van der Waals surface area contributed by atoms with Gasteiger partial charge in [0.2, 0.25) is 0 Å². The molecular weight excluding hydrogens is 350 g/mol. The van der Waals surface area contributed by atoms with Crippen molar-refractivity contribution in [1.82, 2.24) is 10.2 Å². The summed E-state index contributed by atoms with van der Waals surface area (Å²) in [6.07, 6.45) is 4.82. The maximum Gasteiger partial charge on any atom is 0.152 e. The van der Waals surface area contributed by atoms with Crippen molar-refractivity contribution in [3.63, 3.8) is 0 Å². The van der Waals surface area contributed by atoms with E-state index in [0.717, 1.165) is 53.2 Å². The standard InChI is InChI=1S/C19H23N3O3S/c1-25-17-11-26(24)18-5-4-14(9-15(17)18)20-19-10-16(21-22-19)13-3-2-12(8-13)6-7-23/h4-5,7,9-10,12-13,17H,2-3,6,8,11H2,1H3,(H2,20,21,22). The molecule has 0 radical (unpaired) electrons. The fourth-order valence-electron chi connectivity index (χ4n) is 4.06. The highest BCUT2D eigenvalue weighted by atomic mass is 32.2. The Kier molecular flexibility index (Phi) is 4.91. The first kappa shape index (κ1) is 17.4. The van der Waals surface area contributed by atoms with Gasteiger partial charge in [-0.15, -0.1) is 0 Å². The molecule has 1 saturated carbocycles. The number of aldehydes is 1. The third kappa shape index (κ3) is 3.33. The van der Waals surface area contributed by atoms with Gasteiger partial charge in [0.25, 0.3) is 0 Å². The number of aromatic nitrogens is 2. The summed E-state index contributed by atoms with van der Waals surface area (Å²) in [5, 5.41) is 10.8. The summed E-state index contributed by atoms with van der Waals surface area (Å²) in [6.45, 7) is 0. The number of nitrogens with zero attached hydrogens (tertiary/aromatic N) is 1. The smallest absolute Gasteiger partial charge is 0.152 e. The SMILES string of the molecule is COC1CS(=O)c2ccc(Nc3cc(C4CCC(CC=O)C4)[nH]n3)cc21. The summed E-state index contributed by atoms with van der Waals surface area (Å²) in [6, 6.07) is 7.88. The molecule has 1 aromatic carbocycles. The number of anilines is 2. The molecule has 2 heterocycles. The fourth-order valence-corrected chi connectivity index (χ4v) is 5.51. The van der Waals surface area contributed by atoms with Crippen LogP contribution in [-0.2, 0) is 20.3 Å². The van der Waals surface area contributed by atoms with Crippen molar-refractivity contribution in [2.45, 2.75) is 42.6 Å². The van der Waals surface area contributed by atoms with Crippen molar-refractivity contribution < 1.29 is 13.7 Å². The van der Waals surface area contributed by atoms with E-state index in [1.807, 2.05) is 24.3 Å². The van der Waals surface area contributed by atoms with Crippen LogP contribution in [0.5, 0.6) is 0 Å². The average Bonchev–Trinajstić information content (AvgIpc) is 3.35. The molecule has 2 aliphatic rings. The number of carbonyl (C=O) groups is 1. The number of H-pyrrole nitrogens is 1. The number of ether oxygens (including phenoxy) is 1. The number of hydrogen-bond donors (Lipinski definition) is 2. The number of carbonyl (C=O) groups excluding carboxylic acids is 1. The van der Waals surface area contributed by atoms with E-state index < -0.39 is 10.8 Å². The molecule has 4 unspecified atom stereocenters. The molecule has 0 amide bonds. The van der Waals surface area contributed by atoms with Crippen LogP contribution >= 0.6 is 0 Å². The van der Waals surface area contributed by atoms with Gasteiger partial charge in [-0.2, -0.15) is 5.10 Å². The number of fused-ring (bicyclic) bond motifs is 1. The summed E-state index contributed by atoms with van der Waals surface area (Å²) in [4.78, 5) is 11.6. The van der Waals surface area contributed by atoms with Crippen LogP contribution in [0.4, 0.5) is 11.5 Å². The first-order valence-electron chi connectivity index (χ1n) is 8.99. The summed E-state index contributed by atoms with van der Waals surface area (Å²) in [5.74, 6) is 2.24. The van der Waals surface area contributed by atoms with Crippen LogP contribution in [0.25, 0.3) is 0 Å². The van der Waals surface area contributed by atoms with Crippen LogP contribution in [0.2, 0.25) is 0 Å². The Bertz CT molecular complexity index is 835. The predicted molar refractivity (Wildman–Crippen MR) is 100 cm³/mol. The molecule has 1 aliphatic heterocycles. The van der Waals surface area contributed by atoms with E-state index in [1.165, 1.54) is 0 Å². The second kappa shape index (κ2) is 7.32. The molecule has 4 rings (SSSR count). The van der Waals surface area contributed by atoms with E-state index in [2.05, 4.69) is 15.5 Å². The molecule has 26 heavy (non-hydrogen) atoms. The van der Waals surface area contributed by atoms with E-state index >= 15 is 0 Å². The van der Waals surface area contributed by atoms with E-state index in [4.69, 9.17) is 4.74 Å². The van der Waals surface area contributed by atoms with Gasteiger partial charge in [0.1, 0.15) is 6.29 Å². The molecular formula is C19H23N3O3S. The third-order valence-electron chi connectivity index (χ3n) is 5.47. The largest absolute Gasteiger partial charge is 0.376 e. The third-order valence-corrected chi connectivity index (χ3v) is 6.94. The van der Waals surface area contributed by atoms with Crippen LogP contribution in [0.3, 0.4) is 0 Å². The topological polar surface area (TPSA) is 84.1 Å². The minimum Gasteiger partial charge on any atom is -0.376 e. The molecule has 6 nitrogen and oxygen atoms in total. The molecule has 1 aliphatic carbocycles. The minimum absolute atomic E-state index is 0.115. The Balaban J connectivity index is 1.47. The molecule has 4 atom stereocenters. The number of benzene rings is 1. The van der Waals surface area contributed by atoms with Gasteiger partial charge in [0, 0.05) is 41.8 Å². The van der Waals surface area contributed by atoms with Crippen LogP contribution in [0.15, 0.2) is 29.2 Å². The Hall–Kier alpha value is -1.99. The second-order valence-electron chi connectivity index (χ2n) is 7.10. The number of aromatic amines is 1. The van der Waals surface area contributed by atoms with Gasteiger partial charge in [-0.05, 0) is 48.9 Å². The zero-order valence-corrected chi connectivity index (χ0v) is 15.6. The molecule has 2 aromatic rings. The lowest BCUT2D eigenvalue weighted by Crippen LogP contribution is -2.01. The van der Waals surface area contributed by atoms with Crippen molar-refractivity contribution in [3.05, 3.63) is 35.5 Å². The highest BCUT2D eigenvalue weighted by Crippen LogP contribution is 2.39. The number of hydrogen-bond acceptors (Lipinski definition) is 5. The van der Waals surface area contributed by atoms with Crippen molar-refractivity contribution in [3.8, 4) is 0 Å². The van der Waals surface area contributed by atoms with Gasteiger partial charge in [-0.3, -0.25) is 9.31 Å². The average molecular weight is 373 g/mol. The lowest BCUT2D eigenvalue weighted by molar-refractivity contribution is -0.108. The maximum absolute atomic E-state index is 12.1. The quantitative estimate of drug-likeness (QED) is 0.758. The Morgan fingerprint density at radius 2 is 2.27 bits per heavy atom. The van der Waals surface area contributed by atoms with E-state index in [0.29, 0.717) is 24.0 Å². The van der Waals surface area contributed by atoms with Gasteiger partial charge in [0.05, 0.1) is 22.7 Å². The van der Waals surface area contributed by atoms with Gasteiger partial charge in [-0.1, -0.05) is 0 Å². The van der Waals surface area contributed by atoms with Gasteiger partial charge in [-0.25, -0.2) is 0 Å². The first-order valence-corrected chi connectivity index (χ1v) is 10.3. The first-order chi connectivity index (χ1) is 12.7. The van der Waals surface area contributed by atoms with Gasteiger partial charge >= 0.3 is 0 Å². The van der Waals surface area contributed by atoms with Crippen molar-refractivity contribution in [2.24, 2.45) is 5.92 Å². The van der Waals surface area contributed by atoms with E-state index in [-0.39, 0.29) is 6.10 Å². The summed E-state index contributed by atoms with van der Waals surface area (Å²) in [5.41, 5.74) is 3.02. The Morgan fingerprint density at radius 1 is 1.38 bits per heavy atom. The molecule has 1 aromatic heterocycles. The molecule has 7 heteroatoms. The zero-order chi connectivity index (χ0) is 18.1. The van der Waals surface area contributed by atoms with Crippen LogP contribution < -0.4 is 5.32 Å². The molecule has 1 fully saturated rings. The van der Waals surface area contributed by atoms with Crippen LogP contribution in [-0.4, -0.2) is 33.6 Å². The summed E-state index contributed by atoms with van der Waals surface area (Å²) < 4.78 is 17.5. The minimum atomic E-state index is -0.985. The van der Waals surface area contributed by atoms with Crippen molar-refractivity contribution >= 4 is 28.6 Å². The van der Waals surface area contributed by atoms with E-state index in [1.54, 1.807) is 7.11 Å². The Morgan fingerprint density at radius 3 is 3.08 bits per heavy atom. The normalized spacial score (nSPS) is 27.4. The van der Waals surface area contributed by atoms with Gasteiger partial charge in [0.15, 0.2) is 5.82 Å². The van der Waals surface area contributed by atoms with E-state index in [9.17, 15) is 9.00 Å². The number of nitrogens with one attached hydrogen (secondary N) is 2. The lowest BCUT2D eigenvalue weighted by atomic mass is 10.0. The highest BCUT2D eigenvalue weighted by molar-refractivity contribution is 7.85. The van der Waals surface area contributed by atoms with Gasteiger partial charge < -0.3 is 14.8 Å². The maximum atomic E-state index is 12.1. The van der Waals surface area contributed by atoms with Crippen LogP contribution in [0.1, 0.15) is 49.0 Å². The molecule has 0 spiro atoms. The number of methoxy groups -OCH3 is 1. The predicted octanol–water partition coefficient (Wildman–Crippen LogP) is 3.43. The second-order valence-corrected chi connectivity index (χ2v) is 8.57. The monoisotopic (exact) mass is 373 g/mol. The Labute approximate surface area is 155 Å². The molecule has 138 valence electrons. The summed E-state index contributed by atoms with van der Waals surface area (Å²) in [7, 11) is 0.664. The fraction of sp³-hybridized carbons (Fsp3) is 0.474. The molecule has 0 saturated heterocycles. The molecule has 2 N–H and O–H groups in total. The van der Waals surface area contributed by atoms with Crippen molar-refractivity contribution in [1.29, 1.82) is 0 Å². The zero-order valence-electron chi connectivity index (χ0n) is 14.7. The highest BCUT2D eigenvalue weighted by Gasteiger charge is 2.29.